The number of ether oxygens (including phenoxy) is 1. The Balaban J connectivity index is 2.19. The molecule has 0 saturated carbocycles. The Kier molecular flexibility index (Phi) is 4.00. The Hall–Kier alpha value is -3.21. The van der Waals surface area contributed by atoms with E-state index in [-0.39, 0.29) is 33.5 Å². The summed E-state index contributed by atoms with van der Waals surface area (Å²) in [4.78, 5) is 13.1. The monoisotopic (exact) mass is 378 g/mol. The van der Waals surface area contributed by atoms with Crippen molar-refractivity contribution >= 4 is 28.0 Å². The second-order valence-corrected chi connectivity index (χ2v) is 7.91. The number of benzene rings is 2. The van der Waals surface area contributed by atoms with Gasteiger partial charge in [-0.2, -0.15) is 0 Å². The molecule has 1 aliphatic rings. The van der Waals surface area contributed by atoms with Gasteiger partial charge in [0, 0.05) is 11.6 Å². The summed E-state index contributed by atoms with van der Waals surface area (Å²) < 4.78 is 12.2. The van der Waals surface area contributed by atoms with Gasteiger partial charge in [0.25, 0.3) is 0 Å². The maximum Gasteiger partial charge on any atom is 0.204 e. The van der Waals surface area contributed by atoms with Gasteiger partial charge < -0.3 is 19.4 Å². The highest BCUT2D eigenvalue weighted by Gasteiger charge is 2.30. The van der Waals surface area contributed by atoms with Crippen LogP contribution in [0.25, 0.3) is 28.0 Å². The first kappa shape index (κ1) is 18.2. The lowest BCUT2D eigenvalue weighted by atomic mass is 9.94. The molecule has 4 rings (SSSR count). The third-order valence-electron chi connectivity index (χ3n) is 4.89. The van der Waals surface area contributed by atoms with E-state index in [4.69, 9.17) is 9.15 Å². The summed E-state index contributed by atoms with van der Waals surface area (Å²) in [7, 11) is 0. The van der Waals surface area contributed by atoms with E-state index in [0.29, 0.717) is 28.7 Å². The van der Waals surface area contributed by atoms with E-state index in [1.165, 1.54) is 18.2 Å². The molecule has 2 heterocycles. The molecular weight excluding hydrogens is 356 g/mol. The van der Waals surface area contributed by atoms with Gasteiger partial charge in [-0.15, -0.1) is 0 Å². The number of hydrogen-bond donors (Lipinski definition) is 2. The standard InChI is InChI=1S/C23H22O5/c1-12(2)5-7-16-21-15(9-10-23(3,4)28-21)20(26)18-19(25)14-8-6-13(24)11-17(14)27-22(16)18/h5-6,8-11,24,26H,7H2,1-4H3. The minimum absolute atomic E-state index is 0.00310. The van der Waals surface area contributed by atoms with Crippen molar-refractivity contribution in [2.75, 3.05) is 0 Å². The van der Waals surface area contributed by atoms with Gasteiger partial charge in [0.1, 0.15) is 39.4 Å². The molecule has 1 aromatic heterocycles. The highest BCUT2D eigenvalue weighted by Crippen LogP contribution is 2.45. The van der Waals surface area contributed by atoms with E-state index >= 15 is 0 Å². The number of fused-ring (bicyclic) bond motifs is 3. The number of phenolic OH excluding ortho intramolecular Hbond substituents is 2. The van der Waals surface area contributed by atoms with E-state index in [2.05, 4.69) is 0 Å². The second-order valence-electron chi connectivity index (χ2n) is 7.91. The molecule has 0 saturated heterocycles. The lowest BCUT2D eigenvalue weighted by molar-refractivity contribution is 0.157. The fourth-order valence-corrected chi connectivity index (χ4v) is 3.46. The SMILES string of the molecule is CC(C)=CCc1c2c(c(O)c3c(=O)c4ccc(O)cc4oc13)C=CC(C)(C)O2. The smallest absolute Gasteiger partial charge is 0.204 e. The van der Waals surface area contributed by atoms with Crippen LogP contribution in [0.1, 0.15) is 38.8 Å². The maximum absolute atomic E-state index is 13.1. The van der Waals surface area contributed by atoms with Crippen molar-refractivity contribution in [1.82, 2.24) is 0 Å². The van der Waals surface area contributed by atoms with Gasteiger partial charge in [0.15, 0.2) is 0 Å². The molecule has 2 N–H and O–H groups in total. The topological polar surface area (TPSA) is 79.9 Å². The van der Waals surface area contributed by atoms with Crippen LogP contribution in [0.4, 0.5) is 0 Å². The van der Waals surface area contributed by atoms with Crippen molar-refractivity contribution in [1.29, 1.82) is 0 Å². The molecule has 0 fully saturated rings. The molecule has 0 unspecified atom stereocenters. The number of allylic oxidation sites excluding steroid dienone is 2. The Morgan fingerprint density at radius 3 is 2.68 bits per heavy atom. The zero-order valence-corrected chi connectivity index (χ0v) is 16.3. The molecule has 0 atom stereocenters. The van der Waals surface area contributed by atoms with Gasteiger partial charge in [-0.05, 0) is 58.4 Å². The van der Waals surface area contributed by atoms with Gasteiger partial charge in [0.05, 0.1) is 10.9 Å². The quantitative estimate of drug-likeness (QED) is 0.482. The highest BCUT2D eigenvalue weighted by molar-refractivity contribution is 5.99. The normalized spacial score (nSPS) is 14.7. The first-order valence-electron chi connectivity index (χ1n) is 9.17. The molecule has 0 amide bonds. The van der Waals surface area contributed by atoms with Gasteiger partial charge in [-0.3, -0.25) is 4.79 Å². The van der Waals surface area contributed by atoms with E-state index in [0.717, 1.165) is 5.57 Å². The molecule has 144 valence electrons. The summed E-state index contributed by atoms with van der Waals surface area (Å²) in [6.45, 7) is 7.83. The van der Waals surface area contributed by atoms with E-state index in [1.807, 2.05) is 39.8 Å². The number of aromatic hydroxyl groups is 2. The maximum atomic E-state index is 13.1. The fraction of sp³-hybridized carbons (Fsp3) is 0.261. The van der Waals surface area contributed by atoms with Crippen molar-refractivity contribution < 1.29 is 19.4 Å². The molecule has 0 radical (unpaired) electrons. The van der Waals surface area contributed by atoms with E-state index < -0.39 is 5.60 Å². The van der Waals surface area contributed by atoms with Crippen LogP contribution in [0.3, 0.4) is 0 Å². The van der Waals surface area contributed by atoms with Crippen LogP contribution in [0, 0.1) is 0 Å². The van der Waals surface area contributed by atoms with Crippen LogP contribution in [-0.2, 0) is 6.42 Å². The third-order valence-corrected chi connectivity index (χ3v) is 4.89. The predicted molar refractivity (Wildman–Crippen MR) is 110 cm³/mol. The van der Waals surface area contributed by atoms with Crippen LogP contribution in [0.15, 0.2) is 45.1 Å². The zero-order chi connectivity index (χ0) is 20.2. The van der Waals surface area contributed by atoms with E-state index in [1.54, 1.807) is 6.08 Å². The lowest BCUT2D eigenvalue weighted by Crippen LogP contribution is -2.28. The van der Waals surface area contributed by atoms with Crippen LogP contribution in [0.5, 0.6) is 17.2 Å². The molecule has 1 aliphatic heterocycles. The van der Waals surface area contributed by atoms with Gasteiger partial charge >= 0.3 is 0 Å². The molecule has 2 aromatic carbocycles. The predicted octanol–water partition coefficient (Wildman–Crippen LogP) is 5.05. The van der Waals surface area contributed by atoms with Gasteiger partial charge in [-0.1, -0.05) is 11.6 Å². The molecular formula is C23H22O5. The molecule has 0 spiro atoms. The van der Waals surface area contributed by atoms with Gasteiger partial charge in [0.2, 0.25) is 5.43 Å². The Bertz CT molecular complexity index is 1240. The average molecular weight is 378 g/mol. The van der Waals surface area contributed by atoms with Crippen LogP contribution >= 0.6 is 0 Å². The van der Waals surface area contributed by atoms with Crippen LogP contribution < -0.4 is 10.2 Å². The molecule has 28 heavy (non-hydrogen) atoms. The lowest BCUT2D eigenvalue weighted by Gasteiger charge is -2.30. The molecule has 0 bridgehead atoms. The largest absolute Gasteiger partial charge is 0.508 e. The fourth-order valence-electron chi connectivity index (χ4n) is 3.46. The minimum Gasteiger partial charge on any atom is -0.508 e. The van der Waals surface area contributed by atoms with Crippen molar-refractivity contribution in [3.8, 4) is 17.2 Å². The summed E-state index contributed by atoms with van der Waals surface area (Å²) in [5.74, 6) is 0.363. The summed E-state index contributed by atoms with van der Waals surface area (Å²) >= 11 is 0. The highest BCUT2D eigenvalue weighted by atomic mass is 16.5. The first-order chi connectivity index (χ1) is 13.2. The summed E-state index contributed by atoms with van der Waals surface area (Å²) in [6.07, 6.45) is 6.15. The Labute approximate surface area is 162 Å². The van der Waals surface area contributed by atoms with Crippen molar-refractivity contribution in [2.45, 2.75) is 39.7 Å². The minimum atomic E-state index is -0.553. The number of phenols is 2. The molecule has 0 aliphatic carbocycles. The molecule has 5 nitrogen and oxygen atoms in total. The van der Waals surface area contributed by atoms with Gasteiger partial charge in [-0.25, -0.2) is 0 Å². The summed E-state index contributed by atoms with van der Waals surface area (Å²) in [5, 5.41) is 21.1. The first-order valence-corrected chi connectivity index (χ1v) is 9.17. The third kappa shape index (κ3) is 2.83. The molecule has 5 heteroatoms. The summed E-state index contributed by atoms with van der Waals surface area (Å²) in [5.41, 5.74) is 1.94. The van der Waals surface area contributed by atoms with Crippen molar-refractivity contribution in [3.05, 3.63) is 57.3 Å². The zero-order valence-electron chi connectivity index (χ0n) is 16.3. The van der Waals surface area contributed by atoms with Crippen LogP contribution in [0.2, 0.25) is 0 Å². The van der Waals surface area contributed by atoms with Crippen molar-refractivity contribution in [3.63, 3.8) is 0 Å². The molecule has 3 aromatic rings. The summed E-state index contributed by atoms with van der Waals surface area (Å²) in [6, 6.07) is 4.33. The average Bonchev–Trinajstić information content (AvgIpc) is 2.60. The Morgan fingerprint density at radius 2 is 1.96 bits per heavy atom. The Morgan fingerprint density at radius 1 is 1.21 bits per heavy atom. The second kappa shape index (κ2) is 6.16. The number of hydrogen-bond acceptors (Lipinski definition) is 5. The van der Waals surface area contributed by atoms with Crippen molar-refractivity contribution in [2.24, 2.45) is 0 Å². The van der Waals surface area contributed by atoms with E-state index in [9.17, 15) is 15.0 Å². The number of rotatable bonds is 2. The van der Waals surface area contributed by atoms with Crippen LogP contribution in [-0.4, -0.2) is 15.8 Å².